The van der Waals surface area contributed by atoms with Crippen LogP contribution < -0.4 is 5.73 Å². The molecule has 2 N–H and O–H groups in total. The molecule has 0 spiro atoms. The van der Waals surface area contributed by atoms with Gasteiger partial charge in [-0.1, -0.05) is 27.7 Å². The van der Waals surface area contributed by atoms with E-state index in [2.05, 4.69) is 39.6 Å². The molecule has 0 saturated carbocycles. The standard InChI is InChI=1S/C14H26N2O/c1-6-12(15)13(14(2,3)4)16(5)10-11-8-7-9-17-11/h7-9,12-13H,6,10,15H2,1-5H3. The van der Waals surface area contributed by atoms with Crippen LogP contribution >= 0.6 is 0 Å². The van der Waals surface area contributed by atoms with Gasteiger partial charge < -0.3 is 10.2 Å². The van der Waals surface area contributed by atoms with Crippen molar-refractivity contribution in [3.63, 3.8) is 0 Å². The van der Waals surface area contributed by atoms with Crippen LogP contribution in [0.4, 0.5) is 0 Å². The molecule has 0 amide bonds. The van der Waals surface area contributed by atoms with E-state index < -0.39 is 0 Å². The monoisotopic (exact) mass is 238 g/mol. The molecule has 2 atom stereocenters. The molecule has 0 bridgehead atoms. The predicted octanol–water partition coefficient (Wildman–Crippen LogP) is 2.86. The molecular weight excluding hydrogens is 212 g/mol. The third kappa shape index (κ3) is 3.86. The van der Waals surface area contributed by atoms with Gasteiger partial charge in [0.2, 0.25) is 0 Å². The first kappa shape index (κ1) is 14.3. The molecule has 1 aromatic rings. The molecule has 0 saturated heterocycles. The van der Waals surface area contributed by atoms with Crippen LogP contribution in [0.25, 0.3) is 0 Å². The second-order valence-electron chi connectivity index (χ2n) is 5.88. The van der Waals surface area contributed by atoms with Crippen LogP contribution in [0.2, 0.25) is 0 Å². The van der Waals surface area contributed by atoms with Gasteiger partial charge in [0.15, 0.2) is 0 Å². The minimum Gasteiger partial charge on any atom is -0.468 e. The summed E-state index contributed by atoms with van der Waals surface area (Å²) in [5, 5.41) is 0. The van der Waals surface area contributed by atoms with Crippen molar-refractivity contribution in [2.24, 2.45) is 11.1 Å². The predicted molar refractivity (Wildman–Crippen MR) is 71.7 cm³/mol. The summed E-state index contributed by atoms with van der Waals surface area (Å²) in [6.45, 7) is 9.68. The number of nitrogens with zero attached hydrogens (tertiary/aromatic N) is 1. The van der Waals surface area contributed by atoms with E-state index in [1.807, 2.05) is 12.1 Å². The third-order valence-corrected chi connectivity index (χ3v) is 3.22. The van der Waals surface area contributed by atoms with E-state index in [1.54, 1.807) is 6.26 Å². The first-order valence-electron chi connectivity index (χ1n) is 6.34. The van der Waals surface area contributed by atoms with Crippen LogP contribution in [0.5, 0.6) is 0 Å². The Hall–Kier alpha value is -0.800. The van der Waals surface area contributed by atoms with Crippen molar-refractivity contribution < 1.29 is 4.42 Å². The SMILES string of the molecule is CCC(N)C(N(C)Cc1ccco1)C(C)(C)C. The van der Waals surface area contributed by atoms with Gasteiger partial charge in [0, 0.05) is 12.1 Å². The van der Waals surface area contributed by atoms with Crippen molar-refractivity contribution in [2.45, 2.75) is 52.7 Å². The summed E-state index contributed by atoms with van der Waals surface area (Å²) in [6, 6.07) is 4.47. The Bertz CT molecular complexity index is 313. The van der Waals surface area contributed by atoms with E-state index in [0.29, 0.717) is 6.04 Å². The quantitative estimate of drug-likeness (QED) is 0.857. The second-order valence-corrected chi connectivity index (χ2v) is 5.88. The van der Waals surface area contributed by atoms with Crippen LogP contribution in [0.3, 0.4) is 0 Å². The lowest BCUT2D eigenvalue weighted by Crippen LogP contribution is -2.52. The van der Waals surface area contributed by atoms with Gasteiger partial charge in [-0.25, -0.2) is 0 Å². The zero-order chi connectivity index (χ0) is 13.1. The van der Waals surface area contributed by atoms with Crippen molar-refractivity contribution in [2.75, 3.05) is 7.05 Å². The third-order valence-electron chi connectivity index (χ3n) is 3.22. The number of furan rings is 1. The summed E-state index contributed by atoms with van der Waals surface area (Å²) in [5.74, 6) is 0.991. The fraction of sp³-hybridized carbons (Fsp3) is 0.714. The Kier molecular flexibility index (Phi) is 4.78. The average Bonchev–Trinajstić information content (AvgIpc) is 2.67. The molecule has 0 aliphatic carbocycles. The fourth-order valence-corrected chi connectivity index (χ4v) is 2.60. The first-order chi connectivity index (χ1) is 7.86. The maximum Gasteiger partial charge on any atom is 0.117 e. The van der Waals surface area contributed by atoms with Crippen molar-refractivity contribution in [1.29, 1.82) is 0 Å². The van der Waals surface area contributed by atoms with Gasteiger partial charge in [-0.2, -0.15) is 0 Å². The second kappa shape index (κ2) is 5.69. The molecule has 3 nitrogen and oxygen atoms in total. The van der Waals surface area contributed by atoms with Gasteiger partial charge in [-0.15, -0.1) is 0 Å². The Balaban J connectivity index is 2.76. The van der Waals surface area contributed by atoms with Gasteiger partial charge in [-0.05, 0) is 31.0 Å². The topological polar surface area (TPSA) is 42.4 Å². The summed E-state index contributed by atoms with van der Waals surface area (Å²) < 4.78 is 5.40. The molecular formula is C14H26N2O. The van der Waals surface area contributed by atoms with Crippen molar-refractivity contribution in [1.82, 2.24) is 4.90 Å². The Morgan fingerprint density at radius 3 is 2.47 bits per heavy atom. The minimum absolute atomic E-state index is 0.163. The van der Waals surface area contributed by atoms with Crippen LogP contribution in [0.1, 0.15) is 39.9 Å². The van der Waals surface area contributed by atoms with Gasteiger partial charge in [-0.3, -0.25) is 4.90 Å². The van der Waals surface area contributed by atoms with E-state index in [1.165, 1.54) is 0 Å². The van der Waals surface area contributed by atoms with E-state index in [4.69, 9.17) is 10.2 Å². The van der Waals surface area contributed by atoms with Crippen molar-refractivity contribution in [3.05, 3.63) is 24.2 Å². The van der Waals surface area contributed by atoms with Gasteiger partial charge >= 0.3 is 0 Å². The molecule has 0 fully saturated rings. The lowest BCUT2D eigenvalue weighted by Gasteiger charge is -2.41. The molecule has 0 aliphatic heterocycles. The van der Waals surface area contributed by atoms with Gasteiger partial charge in [0.1, 0.15) is 5.76 Å². The lowest BCUT2D eigenvalue weighted by atomic mass is 9.80. The number of hydrogen-bond acceptors (Lipinski definition) is 3. The largest absolute Gasteiger partial charge is 0.468 e. The Labute approximate surface area is 105 Å². The maximum atomic E-state index is 6.26. The Morgan fingerprint density at radius 2 is 2.06 bits per heavy atom. The van der Waals surface area contributed by atoms with Crippen LogP contribution in [0.15, 0.2) is 22.8 Å². The van der Waals surface area contributed by atoms with Crippen molar-refractivity contribution in [3.8, 4) is 0 Å². The molecule has 1 rings (SSSR count). The summed E-state index contributed by atoms with van der Waals surface area (Å²) in [6.07, 6.45) is 2.71. The molecule has 17 heavy (non-hydrogen) atoms. The van der Waals surface area contributed by atoms with Crippen LogP contribution in [-0.4, -0.2) is 24.0 Å². The van der Waals surface area contributed by atoms with Gasteiger partial charge in [0.25, 0.3) is 0 Å². The highest BCUT2D eigenvalue weighted by Crippen LogP contribution is 2.27. The molecule has 1 heterocycles. The maximum absolute atomic E-state index is 6.26. The summed E-state index contributed by atoms with van der Waals surface area (Å²) >= 11 is 0. The summed E-state index contributed by atoms with van der Waals surface area (Å²) in [5.41, 5.74) is 6.42. The molecule has 3 heteroatoms. The normalized spacial score (nSPS) is 16.2. The zero-order valence-electron chi connectivity index (χ0n) is 11.7. The van der Waals surface area contributed by atoms with E-state index in [-0.39, 0.29) is 11.5 Å². The Morgan fingerprint density at radius 1 is 1.41 bits per heavy atom. The molecule has 0 aromatic carbocycles. The van der Waals surface area contributed by atoms with E-state index in [0.717, 1.165) is 18.7 Å². The molecule has 0 radical (unpaired) electrons. The van der Waals surface area contributed by atoms with Crippen molar-refractivity contribution >= 4 is 0 Å². The summed E-state index contributed by atoms with van der Waals surface area (Å²) in [4.78, 5) is 2.30. The number of likely N-dealkylation sites (N-methyl/N-ethyl adjacent to an activating group) is 1. The number of hydrogen-bond donors (Lipinski definition) is 1. The molecule has 0 aliphatic rings. The highest BCUT2D eigenvalue weighted by atomic mass is 16.3. The zero-order valence-corrected chi connectivity index (χ0v) is 11.7. The summed E-state index contributed by atoms with van der Waals surface area (Å²) in [7, 11) is 2.12. The molecule has 98 valence electrons. The first-order valence-corrected chi connectivity index (χ1v) is 6.34. The highest BCUT2D eigenvalue weighted by Gasteiger charge is 2.32. The molecule has 1 aromatic heterocycles. The van der Waals surface area contributed by atoms with E-state index in [9.17, 15) is 0 Å². The van der Waals surface area contributed by atoms with Gasteiger partial charge in [0.05, 0.1) is 12.8 Å². The molecule has 2 unspecified atom stereocenters. The van der Waals surface area contributed by atoms with Crippen LogP contribution in [0, 0.1) is 5.41 Å². The number of nitrogens with two attached hydrogens (primary N) is 1. The highest BCUT2D eigenvalue weighted by molar-refractivity contribution is 4.99. The van der Waals surface area contributed by atoms with Crippen LogP contribution in [-0.2, 0) is 6.54 Å². The van der Waals surface area contributed by atoms with E-state index >= 15 is 0 Å². The smallest absolute Gasteiger partial charge is 0.117 e. The lowest BCUT2D eigenvalue weighted by molar-refractivity contribution is 0.0880. The minimum atomic E-state index is 0.163. The fourth-order valence-electron chi connectivity index (χ4n) is 2.60. The number of rotatable bonds is 5. The average molecular weight is 238 g/mol.